The molecule has 1 aromatic carbocycles. The van der Waals surface area contributed by atoms with Crippen LogP contribution in [-0.4, -0.2) is 16.7 Å². The number of aryl methyl sites for hydroxylation is 1. The van der Waals surface area contributed by atoms with Crippen LogP contribution in [0.2, 0.25) is 0 Å². The van der Waals surface area contributed by atoms with E-state index >= 15 is 0 Å². The standard InChI is InChI=1S/C15H17N3/c1-3-4-5-8-11-16-15-14-10-7-6-9-13(14)12(2)17-18-15/h1,6-7,9-10H,4-5,8,11H2,2H3,(H,16,18). The molecule has 2 aromatic rings. The molecule has 0 saturated carbocycles. The Kier molecular flexibility index (Phi) is 4.14. The maximum atomic E-state index is 5.22. The number of nitrogens with one attached hydrogen (secondary N) is 1. The van der Waals surface area contributed by atoms with E-state index in [1.54, 1.807) is 0 Å². The van der Waals surface area contributed by atoms with Crippen molar-refractivity contribution in [1.82, 2.24) is 10.2 Å². The first-order valence-electron chi connectivity index (χ1n) is 6.22. The van der Waals surface area contributed by atoms with Crippen LogP contribution in [0.5, 0.6) is 0 Å². The number of fused-ring (bicyclic) bond motifs is 1. The Labute approximate surface area is 108 Å². The highest BCUT2D eigenvalue weighted by Gasteiger charge is 2.04. The van der Waals surface area contributed by atoms with Crippen LogP contribution in [-0.2, 0) is 0 Å². The van der Waals surface area contributed by atoms with E-state index in [4.69, 9.17) is 6.42 Å². The molecule has 0 aliphatic rings. The number of benzene rings is 1. The second-order valence-electron chi connectivity index (χ2n) is 4.27. The molecule has 3 nitrogen and oxygen atoms in total. The monoisotopic (exact) mass is 239 g/mol. The molecule has 1 heterocycles. The summed E-state index contributed by atoms with van der Waals surface area (Å²) in [4.78, 5) is 0. The summed E-state index contributed by atoms with van der Waals surface area (Å²) < 4.78 is 0. The van der Waals surface area contributed by atoms with Crippen molar-refractivity contribution in [2.45, 2.75) is 26.2 Å². The third-order valence-corrected chi connectivity index (χ3v) is 2.91. The van der Waals surface area contributed by atoms with Gasteiger partial charge in [-0.25, -0.2) is 0 Å². The van der Waals surface area contributed by atoms with Crippen LogP contribution in [0.25, 0.3) is 10.8 Å². The quantitative estimate of drug-likeness (QED) is 0.643. The van der Waals surface area contributed by atoms with Crippen LogP contribution >= 0.6 is 0 Å². The first-order valence-corrected chi connectivity index (χ1v) is 6.22. The normalized spacial score (nSPS) is 10.2. The Hall–Kier alpha value is -2.08. The van der Waals surface area contributed by atoms with Crippen molar-refractivity contribution in [1.29, 1.82) is 0 Å². The molecule has 1 aromatic heterocycles. The minimum absolute atomic E-state index is 0.835. The topological polar surface area (TPSA) is 37.8 Å². The lowest BCUT2D eigenvalue weighted by molar-refractivity contribution is 0.785. The number of terminal acetylenes is 1. The molecule has 2 rings (SSSR count). The van der Waals surface area contributed by atoms with Gasteiger partial charge >= 0.3 is 0 Å². The molecule has 0 radical (unpaired) electrons. The Bertz CT molecular complexity index is 569. The number of unbranched alkanes of at least 4 members (excludes halogenated alkanes) is 2. The summed E-state index contributed by atoms with van der Waals surface area (Å²) >= 11 is 0. The van der Waals surface area contributed by atoms with E-state index in [1.165, 1.54) is 0 Å². The van der Waals surface area contributed by atoms with Gasteiger partial charge in [0.1, 0.15) is 0 Å². The van der Waals surface area contributed by atoms with Gasteiger partial charge in [-0.1, -0.05) is 24.3 Å². The highest BCUT2D eigenvalue weighted by Crippen LogP contribution is 2.22. The van der Waals surface area contributed by atoms with Gasteiger partial charge in [-0.05, 0) is 19.8 Å². The molecule has 0 bridgehead atoms. The van der Waals surface area contributed by atoms with Gasteiger partial charge in [-0.2, -0.15) is 5.10 Å². The molecule has 0 amide bonds. The van der Waals surface area contributed by atoms with Crippen molar-refractivity contribution < 1.29 is 0 Å². The Morgan fingerprint density at radius 3 is 2.72 bits per heavy atom. The average Bonchev–Trinajstić information content (AvgIpc) is 2.41. The van der Waals surface area contributed by atoms with Crippen LogP contribution in [0.3, 0.4) is 0 Å². The largest absolute Gasteiger partial charge is 0.368 e. The summed E-state index contributed by atoms with van der Waals surface area (Å²) in [5.74, 6) is 3.51. The smallest absolute Gasteiger partial charge is 0.156 e. The lowest BCUT2D eigenvalue weighted by Gasteiger charge is -2.08. The van der Waals surface area contributed by atoms with Crippen molar-refractivity contribution in [2.75, 3.05) is 11.9 Å². The van der Waals surface area contributed by atoms with Crippen molar-refractivity contribution in [2.24, 2.45) is 0 Å². The van der Waals surface area contributed by atoms with E-state index in [-0.39, 0.29) is 0 Å². The SMILES string of the molecule is C#CCCCCNc1nnc(C)c2ccccc12. The number of aromatic nitrogens is 2. The van der Waals surface area contributed by atoms with Crippen LogP contribution in [0.4, 0.5) is 5.82 Å². The van der Waals surface area contributed by atoms with Crippen molar-refractivity contribution in [3.05, 3.63) is 30.0 Å². The maximum absolute atomic E-state index is 5.22. The third-order valence-electron chi connectivity index (χ3n) is 2.91. The third kappa shape index (κ3) is 2.78. The molecule has 0 aliphatic heterocycles. The van der Waals surface area contributed by atoms with Crippen LogP contribution in [0, 0.1) is 19.3 Å². The zero-order valence-electron chi connectivity index (χ0n) is 10.6. The summed E-state index contributed by atoms with van der Waals surface area (Å²) in [7, 11) is 0. The number of anilines is 1. The summed E-state index contributed by atoms with van der Waals surface area (Å²) in [6, 6.07) is 8.18. The summed E-state index contributed by atoms with van der Waals surface area (Å²) in [6.45, 7) is 2.86. The van der Waals surface area contributed by atoms with E-state index in [2.05, 4.69) is 33.6 Å². The predicted molar refractivity (Wildman–Crippen MR) is 75.4 cm³/mol. The van der Waals surface area contributed by atoms with Gasteiger partial charge in [0.25, 0.3) is 0 Å². The number of hydrogen-bond acceptors (Lipinski definition) is 3. The summed E-state index contributed by atoms with van der Waals surface area (Å²) in [5.41, 5.74) is 0.962. The average molecular weight is 239 g/mol. The van der Waals surface area contributed by atoms with Crippen LogP contribution in [0.1, 0.15) is 25.0 Å². The first kappa shape index (κ1) is 12.4. The molecule has 0 aliphatic carbocycles. The van der Waals surface area contributed by atoms with Gasteiger partial charge < -0.3 is 5.32 Å². The summed E-state index contributed by atoms with van der Waals surface area (Å²) in [6.07, 6.45) is 8.15. The number of nitrogens with zero attached hydrogens (tertiary/aromatic N) is 2. The Morgan fingerprint density at radius 2 is 1.94 bits per heavy atom. The molecule has 0 atom stereocenters. The molecule has 18 heavy (non-hydrogen) atoms. The van der Waals surface area contributed by atoms with Crippen molar-refractivity contribution in [3.63, 3.8) is 0 Å². The highest BCUT2D eigenvalue weighted by atomic mass is 15.2. The van der Waals surface area contributed by atoms with Crippen molar-refractivity contribution >= 4 is 16.6 Å². The van der Waals surface area contributed by atoms with Gasteiger partial charge in [-0.3, -0.25) is 0 Å². The molecule has 3 heteroatoms. The molecule has 0 saturated heterocycles. The van der Waals surface area contributed by atoms with Crippen molar-refractivity contribution in [3.8, 4) is 12.3 Å². The molecular formula is C15H17N3. The van der Waals surface area contributed by atoms with E-state index in [0.717, 1.165) is 48.1 Å². The minimum atomic E-state index is 0.835. The fourth-order valence-electron chi connectivity index (χ4n) is 1.93. The second kappa shape index (κ2) is 6.02. The van der Waals surface area contributed by atoms with E-state index in [9.17, 15) is 0 Å². The molecule has 0 fully saturated rings. The van der Waals surface area contributed by atoms with E-state index < -0.39 is 0 Å². The second-order valence-corrected chi connectivity index (χ2v) is 4.27. The minimum Gasteiger partial charge on any atom is -0.368 e. The number of rotatable bonds is 5. The van der Waals surface area contributed by atoms with Crippen LogP contribution < -0.4 is 5.32 Å². The zero-order chi connectivity index (χ0) is 12.8. The Balaban J connectivity index is 2.09. The predicted octanol–water partition coefficient (Wildman–Crippen LogP) is 3.15. The molecule has 0 unspecified atom stereocenters. The molecule has 92 valence electrons. The van der Waals surface area contributed by atoms with Crippen LogP contribution in [0.15, 0.2) is 24.3 Å². The fraction of sp³-hybridized carbons (Fsp3) is 0.333. The van der Waals surface area contributed by atoms with Gasteiger partial charge in [0.2, 0.25) is 0 Å². The first-order chi connectivity index (χ1) is 8.83. The molecule has 1 N–H and O–H groups in total. The highest BCUT2D eigenvalue weighted by molar-refractivity contribution is 5.92. The Morgan fingerprint density at radius 1 is 1.17 bits per heavy atom. The van der Waals surface area contributed by atoms with E-state index in [0.29, 0.717) is 0 Å². The number of hydrogen-bond donors (Lipinski definition) is 1. The molecular weight excluding hydrogens is 222 g/mol. The lowest BCUT2D eigenvalue weighted by atomic mass is 10.1. The van der Waals surface area contributed by atoms with Gasteiger partial charge in [0.05, 0.1) is 5.69 Å². The van der Waals surface area contributed by atoms with Gasteiger partial charge in [0.15, 0.2) is 5.82 Å². The summed E-state index contributed by atoms with van der Waals surface area (Å²) in [5, 5.41) is 14.0. The lowest BCUT2D eigenvalue weighted by Crippen LogP contribution is -2.05. The van der Waals surface area contributed by atoms with Gasteiger partial charge in [-0.15, -0.1) is 17.4 Å². The van der Waals surface area contributed by atoms with Gasteiger partial charge in [0, 0.05) is 23.7 Å². The van der Waals surface area contributed by atoms with E-state index in [1.807, 2.05) is 19.1 Å². The zero-order valence-corrected chi connectivity index (χ0v) is 10.6. The fourth-order valence-corrected chi connectivity index (χ4v) is 1.93. The maximum Gasteiger partial charge on any atom is 0.156 e. The molecule has 0 spiro atoms.